The van der Waals surface area contributed by atoms with Gasteiger partial charge in [0.2, 0.25) is 5.91 Å². The van der Waals surface area contributed by atoms with E-state index in [9.17, 15) is 14.7 Å². The van der Waals surface area contributed by atoms with Gasteiger partial charge >= 0.3 is 5.97 Å². The number of carboxylic acid groups (broad SMARTS) is 1. The van der Waals surface area contributed by atoms with E-state index in [2.05, 4.69) is 0 Å². The molecule has 15 heavy (non-hydrogen) atoms. The van der Waals surface area contributed by atoms with E-state index in [4.69, 9.17) is 5.11 Å². The van der Waals surface area contributed by atoms with Crippen molar-refractivity contribution in [2.45, 2.75) is 32.3 Å². The topological polar surface area (TPSA) is 77.8 Å². The fourth-order valence-electron chi connectivity index (χ4n) is 1.64. The van der Waals surface area contributed by atoms with E-state index in [1.54, 1.807) is 0 Å². The lowest BCUT2D eigenvalue weighted by atomic mass is 9.96. The average Bonchev–Trinajstić information content (AvgIpc) is 2.09. The molecule has 2 N–H and O–H groups in total. The van der Waals surface area contributed by atoms with Crippen LogP contribution in [-0.4, -0.2) is 45.7 Å². The van der Waals surface area contributed by atoms with Crippen LogP contribution in [0.5, 0.6) is 0 Å². The molecule has 1 aliphatic rings. The minimum absolute atomic E-state index is 0.0738. The van der Waals surface area contributed by atoms with Crippen molar-refractivity contribution < 1.29 is 19.8 Å². The van der Waals surface area contributed by atoms with Crippen LogP contribution in [0.1, 0.15) is 26.7 Å². The molecule has 86 valence electrons. The molecule has 0 aromatic heterocycles. The number of hydrogen-bond donors (Lipinski definition) is 2. The van der Waals surface area contributed by atoms with Gasteiger partial charge in [-0.15, -0.1) is 0 Å². The number of amides is 1. The van der Waals surface area contributed by atoms with Gasteiger partial charge in [0.1, 0.15) is 0 Å². The van der Waals surface area contributed by atoms with E-state index >= 15 is 0 Å². The van der Waals surface area contributed by atoms with Crippen molar-refractivity contribution in [1.29, 1.82) is 0 Å². The van der Waals surface area contributed by atoms with E-state index in [0.717, 1.165) is 6.42 Å². The Labute approximate surface area is 88.7 Å². The van der Waals surface area contributed by atoms with Gasteiger partial charge in [-0.2, -0.15) is 0 Å². The zero-order valence-corrected chi connectivity index (χ0v) is 9.06. The van der Waals surface area contributed by atoms with Gasteiger partial charge < -0.3 is 15.1 Å². The molecule has 0 spiro atoms. The molecule has 1 saturated heterocycles. The Morgan fingerprint density at radius 1 is 1.67 bits per heavy atom. The van der Waals surface area contributed by atoms with E-state index < -0.39 is 11.6 Å². The van der Waals surface area contributed by atoms with E-state index in [0.29, 0.717) is 18.9 Å². The minimum atomic E-state index is -1.85. The zero-order valence-electron chi connectivity index (χ0n) is 9.06. The van der Waals surface area contributed by atoms with Gasteiger partial charge in [-0.1, -0.05) is 6.92 Å². The van der Waals surface area contributed by atoms with Crippen molar-refractivity contribution in [3.05, 3.63) is 0 Å². The maximum atomic E-state index is 11.5. The number of β-amino-alcohol motifs (C(OH)–C–C–N with tert-alkyl or cyclic N) is 1. The van der Waals surface area contributed by atoms with Gasteiger partial charge in [0.05, 0.1) is 6.54 Å². The summed E-state index contributed by atoms with van der Waals surface area (Å²) in [7, 11) is 0. The van der Waals surface area contributed by atoms with Crippen molar-refractivity contribution in [2.75, 3.05) is 13.1 Å². The normalized spacial score (nSPS) is 26.2. The van der Waals surface area contributed by atoms with Crippen LogP contribution in [0.3, 0.4) is 0 Å². The Bertz CT molecular complexity index is 275. The molecule has 1 aliphatic heterocycles. The van der Waals surface area contributed by atoms with Gasteiger partial charge in [0, 0.05) is 13.0 Å². The second-order valence-corrected chi connectivity index (χ2v) is 4.49. The first kappa shape index (κ1) is 12.0. The molecule has 1 amide bonds. The van der Waals surface area contributed by atoms with Crippen LogP contribution in [0, 0.1) is 5.92 Å². The quantitative estimate of drug-likeness (QED) is 0.699. The highest BCUT2D eigenvalue weighted by atomic mass is 16.4. The number of aliphatic carboxylic acids is 1. The number of aliphatic hydroxyl groups is 1. The minimum Gasteiger partial charge on any atom is -0.479 e. The van der Waals surface area contributed by atoms with Crippen LogP contribution >= 0.6 is 0 Å². The molecule has 1 fully saturated rings. The predicted molar refractivity (Wildman–Crippen MR) is 53.2 cm³/mol. The molecule has 5 nitrogen and oxygen atoms in total. The zero-order chi connectivity index (χ0) is 11.6. The summed E-state index contributed by atoms with van der Waals surface area (Å²) >= 11 is 0. The van der Waals surface area contributed by atoms with E-state index in [1.807, 2.05) is 6.92 Å². The van der Waals surface area contributed by atoms with Crippen molar-refractivity contribution in [3.63, 3.8) is 0 Å². The van der Waals surface area contributed by atoms with Crippen molar-refractivity contribution in [1.82, 2.24) is 4.90 Å². The van der Waals surface area contributed by atoms with Crippen LogP contribution in [0.25, 0.3) is 0 Å². The number of carboxylic acids is 1. The van der Waals surface area contributed by atoms with Gasteiger partial charge in [-0.3, -0.25) is 4.79 Å². The fraction of sp³-hybridized carbons (Fsp3) is 0.800. The third-order valence-electron chi connectivity index (χ3n) is 2.73. The monoisotopic (exact) mass is 215 g/mol. The molecular weight excluding hydrogens is 198 g/mol. The van der Waals surface area contributed by atoms with Crippen LogP contribution in [0.4, 0.5) is 0 Å². The SMILES string of the molecule is CC1CCN(CC(C)(O)C(=O)O)C(=O)C1. The number of nitrogens with zero attached hydrogens (tertiary/aromatic N) is 1. The first-order chi connectivity index (χ1) is 6.83. The number of piperidine rings is 1. The van der Waals surface area contributed by atoms with Crippen LogP contribution < -0.4 is 0 Å². The Morgan fingerprint density at radius 2 is 2.27 bits per heavy atom. The highest BCUT2D eigenvalue weighted by molar-refractivity contribution is 5.80. The number of likely N-dealkylation sites (tertiary alicyclic amines) is 1. The van der Waals surface area contributed by atoms with Crippen molar-refractivity contribution >= 4 is 11.9 Å². The number of rotatable bonds is 3. The molecule has 0 aromatic carbocycles. The first-order valence-electron chi connectivity index (χ1n) is 5.06. The van der Waals surface area contributed by atoms with E-state index in [-0.39, 0.29) is 12.5 Å². The smallest absolute Gasteiger partial charge is 0.337 e. The maximum absolute atomic E-state index is 11.5. The first-order valence-corrected chi connectivity index (χ1v) is 5.06. The Kier molecular flexibility index (Phi) is 3.34. The van der Waals surface area contributed by atoms with Gasteiger partial charge in [0.25, 0.3) is 0 Å². The summed E-state index contributed by atoms with van der Waals surface area (Å²) in [5.74, 6) is -1.02. The summed E-state index contributed by atoms with van der Waals surface area (Å²) in [6.45, 7) is 3.60. The molecule has 0 aliphatic carbocycles. The molecule has 5 heteroatoms. The third kappa shape index (κ3) is 2.92. The molecule has 1 heterocycles. The molecule has 0 saturated carbocycles. The number of hydrogen-bond acceptors (Lipinski definition) is 3. The van der Waals surface area contributed by atoms with Crippen LogP contribution in [0.2, 0.25) is 0 Å². The molecule has 2 atom stereocenters. The third-order valence-corrected chi connectivity index (χ3v) is 2.73. The fourth-order valence-corrected chi connectivity index (χ4v) is 1.64. The largest absolute Gasteiger partial charge is 0.479 e. The van der Waals surface area contributed by atoms with Crippen LogP contribution in [0.15, 0.2) is 0 Å². The Balaban J connectivity index is 2.59. The second-order valence-electron chi connectivity index (χ2n) is 4.49. The highest BCUT2D eigenvalue weighted by Gasteiger charge is 2.35. The molecule has 0 bridgehead atoms. The average molecular weight is 215 g/mol. The summed E-state index contributed by atoms with van der Waals surface area (Å²) < 4.78 is 0. The summed E-state index contributed by atoms with van der Waals surface area (Å²) in [6, 6.07) is 0. The summed E-state index contributed by atoms with van der Waals surface area (Å²) in [5.41, 5.74) is -1.85. The van der Waals surface area contributed by atoms with Gasteiger partial charge in [-0.05, 0) is 19.3 Å². The standard InChI is InChI=1S/C10H17NO4/c1-7-3-4-11(8(12)5-7)6-10(2,15)9(13)14/h7,15H,3-6H2,1-2H3,(H,13,14). The second kappa shape index (κ2) is 4.18. The molecule has 0 radical (unpaired) electrons. The number of carbonyl (C=O) groups is 2. The lowest BCUT2D eigenvalue weighted by molar-refractivity contribution is -0.160. The van der Waals surface area contributed by atoms with E-state index in [1.165, 1.54) is 11.8 Å². The molecule has 0 aromatic rings. The van der Waals surface area contributed by atoms with Crippen molar-refractivity contribution in [2.24, 2.45) is 5.92 Å². The van der Waals surface area contributed by atoms with Crippen LogP contribution in [-0.2, 0) is 9.59 Å². The molecular formula is C10H17NO4. The van der Waals surface area contributed by atoms with Gasteiger partial charge in [-0.25, -0.2) is 4.79 Å². The number of carbonyl (C=O) groups excluding carboxylic acids is 1. The lowest BCUT2D eigenvalue weighted by Gasteiger charge is -2.33. The molecule has 1 rings (SSSR count). The highest BCUT2D eigenvalue weighted by Crippen LogP contribution is 2.19. The van der Waals surface area contributed by atoms with Crippen molar-refractivity contribution in [3.8, 4) is 0 Å². The summed E-state index contributed by atoms with van der Waals surface area (Å²) in [6.07, 6.45) is 1.30. The molecule has 2 unspecified atom stereocenters. The summed E-state index contributed by atoms with van der Waals surface area (Å²) in [5, 5.41) is 18.3. The maximum Gasteiger partial charge on any atom is 0.337 e. The lowest BCUT2D eigenvalue weighted by Crippen LogP contribution is -2.50. The Hall–Kier alpha value is -1.10. The predicted octanol–water partition coefficient (Wildman–Crippen LogP) is 0.0805. The Morgan fingerprint density at radius 3 is 2.73 bits per heavy atom. The van der Waals surface area contributed by atoms with Gasteiger partial charge in [0.15, 0.2) is 5.60 Å². The summed E-state index contributed by atoms with van der Waals surface area (Å²) in [4.78, 5) is 23.6.